The summed E-state index contributed by atoms with van der Waals surface area (Å²) in [6.07, 6.45) is 0. The molecule has 1 aliphatic rings. The first-order valence-electron chi connectivity index (χ1n) is 3.89. The second-order valence-electron chi connectivity index (χ2n) is 2.97. The third-order valence-corrected chi connectivity index (χ3v) is 3.49. The van der Waals surface area contributed by atoms with Crippen LogP contribution in [0.25, 0.3) is 0 Å². The molecular formula is C9H9NO2S. The number of rotatable bonds is 0. The van der Waals surface area contributed by atoms with Gasteiger partial charge in [0.05, 0.1) is 16.0 Å². The minimum absolute atomic E-state index is 0.348. The zero-order valence-corrected chi connectivity index (χ0v) is 7.93. The molecule has 0 saturated carbocycles. The maximum absolute atomic E-state index is 11.6. The Balaban J connectivity index is 2.73. The van der Waals surface area contributed by atoms with Gasteiger partial charge in [-0.1, -0.05) is 12.1 Å². The average Bonchev–Trinajstić information content (AvgIpc) is 2.02. The molecule has 0 atom stereocenters. The van der Waals surface area contributed by atoms with E-state index in [1.165, 1.54) is 5.41 Å². The van der Waals surface area contributed by atoms with Gasteiger partial charge < -0.3 is 5.32 Å². The van der Waals surface area contributed by atoms with E-state index in [0.29, 0.717) is 16.3 Å². The van der Waals surface area contributed by atoms with Crippen molar-refractivity contribution in [2.24, 2.45) is 0 Å². The maximum Gasteiger partial charge on any atom is 0.203 e. The van der Waals surface area contributed by atoms with Gasteiger partial charge in [-0.25, -0.2) is 8.42 Å². The third kappa shape index (κ3) is 1.33. The minimum atomic E-state index is -3.22. The summed E-state index contributed by atoms with van der Waals surface area (Å²) in [5, 5.41) is 4.24. The first-order valence-corrected chi connectivity index (χ1v) is 5.44. The Labute approximate surface area is 77.0 Å². The lowest BCUT2D eigenvalue weighted by atomic mass is 10.3. The first-order chi connectivity index (χ1) is 6.09. The highest BCUT2D eigenvalue weighted by Gasteiger charge is 2.20. The molecule has 1 aliphatic heterocycles. The van der Waals surface area contributed by atoms with Crippen molar-refractivity contribution in [2.45, 2.75) is 11.8 Å². The Morgan fingerprint density at radius 1 is 1.23 bits per heavy atom. The van der Waals surface area contributed by atoms with Crippen molar-refractivity contribution in [1.82, 2.24) is 0 Å². The van der Waals surface area contributed by atoms with Gasteiger partial charge in [-0.2, -0.15) is 0 Å². The summed E-state index contributed by atoms with van der Waals surface area (Å²) >= 11 is 0. The van der Waals surface area contributed by atoms with E-state index in [-0.39, 0.29) is 0 Å². The SMILES string of the molecule is CC1=CS(=O)(=O)c2ccccc2N1. The van der Waals surface area contributed by atoms with Crippen LogP contribution < -0.4 is 5.32 Å². The Morgan fingerprint density at radius 3 is 2.69 bits per heavy atom. The molecule has 0 bridgehead atoms. The van der Waals surface area contributed by atoms with Gasteiger partial charge >= 0.3 is 0 Å². The fraction of sp³-hybridized carbons (Fsp3) is 0.111. The summed E-state index contributed by atoms with van der Waals surface area (Å²) < 4.78 is 23.1. The molecule has 3 nitrogen and oxygen atoms in total. The van der Waals surface area contributed by atoms with E-state index >= 15 is 0 Å². The first kappa shape index (κ1) is 8.31. The van der Waals surface area contributed by atoms with Gasteiger partial charge in [0.15, 0.2) is 0 Å². The van der Waals surface area contributed by atoms with Crippen LogP contribution in [0.3, 0.4) is 0 Å². The largest absolute Gasteiger partial charge is 0.357 e. The lowest BCUT2D eigenvalue weighted by Gasteiger charge is -2.16. The minimum Gasteiger partial charge on any atom is -0.357 e. The van der Waals surface area contributed by atoms with Crippen LogP contribution in [0.15, 0.2) is 40.3 Å². The molecule has 2 rings (SSSR count). The molecular weight excluding hydrogens is 186 g/mol. The summed E-state index contributed by atoms with van der Waals surface area (Å²) in [6.45, 7) is 1.73. The van der Waals surface area contributed by atoms with Crippen LogP contribution in [0.1, 0.15) is 6.92 Å². The van der Waals surface area contributed by atoms with Gasteiger partial charge in [-0.15, -0.1) is 0 Å². The van der Waals surface area contributed by atoms with E-state index in [1.807, 2.05) is 0 Å². The van der Waals surface area contributed by atoms with E-state index < -0.39 is 9.84 Å². The van der Waals surface area contributed by atoms with E-state index in [2.05, 4.69) is 5.32 Å². The van der Waals surface area contributed by atoms with Crippen LogP contribution in [0.2, 0.25) is 0 Å². The van der Waals surface area contributed by atoms with Gasteiger partial charge in [0.1, 0.15) is 0 Å². The monoisotopic (exact) mass is 195 g/mol. The van der Waals surface area contributed by atoms with Crippen LogP contribution in [0.4, 0.5) is 5.69 Å². The molecule has 0 spiro atoms. The second-order valence-corrected chi connectivity index (χ2v) is 4.73. The third-order valence-electron chi connectivity index (χ3n) is 1.86. The quantitative estimate of drug-likeness (QED) is 0.686. The van der Waals surface area contributed by atoms with Gasteiger partial charge in [-0.3, -0.25) is 0 Å². The van der Waals surface area contributed by atoms with Crippen molar-refractivity contribution in [3.8, 4) is 0 Å². The fourth-order valence-electron chi connectivity index (χ4n) is 1.36. The molecule has 0 saturated heterocycles. The van der Waals surface area contributed by atoms with Crippen molar-refractivity contribution >= 4 is 15.5 Å². The number of para-hydroxylation sites is 1. The lowest BCUT2D eigenvalue weighted by Crippen LogP contribution is -2.11. The Morgan fingerprint density at radius 2 is 1.92 bits per heavy atom. The molecule has 4 heteroatoms. The summed E-state index contributed by atoms with van der Waals surface area (Å²) in [6, 6.07) is 6.87. The molecule has 0 aromatic heterocycles. The summed E-state index contributed by atoms with van der Waals surface area (Å²) in [5.74, 6) is 0. The van der Waals surface area contributed by atoms with E-state index in [9.17, 15) is 8.42 Å². The zero-order valence-electron chi connectivity index (χ0n) is 7.11. The van der Waals surface area contributed by atoms with Crippen molar-refractivity contribution < 1.29 is 8.42 Å². The Kier molecular flexibility index (Phi) is 1.66. The summed E-state index contributed by atoms with van der Waals surface area (Å²) in [7, 11) is -3.22. The van der Waals surface area contributed by atoms with Gasteiger partial charge in [-0.05, 0) is 19.1 Å². The van der Waals surface area contributed by atoms with Gasteiger partial charge in [0.2, 0.25) is 9.84 Å². The highest BCUT2D eigenvalue weighted by atomic mass is 32.2. The Hall–Kier alpha value is -1.29. The zero-order chi connectivity index (χ0) is 9.47. The van der Waals surface area contributed by atoms with Crippen LogP contribution in [-0.2, 0) is 9.84 Å². The van der Waals surface area contributed by atoms with Crippen molar-refractivity contribution in [3.63, 3.8) is 0 Å². The van der Waals surface area contributed by atoms with Crippen molar-refractivity contribution in [2.75, 3.05) is 5.32 Å². The van der Waals surface area contributed by atoms with E-state index in [1.54, 1.807) is 31.2 Å². The van der Waals surface area contributed by atoms with E-state index in [0.717, 1.165) is 0 Å². The molecule has 0 radical (unpaired) electrons. The normalized spacial score (nSPS) is 18.4. The molecule has 0 unspecified atom stereocenters. The number of nitrogens with one attached hydrogen (secondary N) is 1. The number of benzene rings is 1. The molecule has 68 valence electrons. The van der Waals surface area contributed by atoms with Crippen LogP contribution in [0, 0.1) is 0 Å². The number of sulfone groups is 1. The smallest absolute Gasteiger partial charge is 0.203 e. The molecule has 1 aromatic carbocycles. The van der Waals surface area contributed by atoms with Crippen LogP contribution in [-0.4, -0.2) is 8.42 Å². The highest BCUT2D eigenvalue weighted by Crippen LogP contribution is 2.28. The van der Waals surface area contributed by atoms with Crippen LogP contribution >= 0.6 is 0 Å². The fourth-order valence-corrected chi connectivity index (χ4v) is 2.70. The number of anilines is 1. The summed E-state index contributed by atoms with van der Waals surface area (Å²) in [5.41, 5.74) is 1.31. The Bertz CT molecular complexity index is 474. The standard InChI is InChI=1S/C9H9NO2S/c1-7-6-13(11,12)9-5-3-2-4-8(9)10-7/h2-6,10H,1H3. The molecule has 1 aromatic rings. The predicted molar refractivity (Wildman–Crippen MR) is 51.0 cm³/mol. The summed E-state index contributed by atoms with van der Waals surface area (Å²) in [4.78, 5) is 0.348. The molecule has 0 amide bonds. The molecule has 13 heavy (non-hydrogen) atoms. The molecule has 0 fully saturated rings. The molecule has 0 aliphatic carbocycles. The lowest BCUT2D eigenvalue weighted by molar-refractivity contribution is 0.604. The molecule has 1 heterocycles. The van der Waals surface area contributed by atoms with Gasteiger partial charge in [0, 0.05) is 5.70 Å². The number of allylic oxidation sites excluding steroid dienone is 1. The van der Waals surface area contributed by atoms with Crippen LogP contribution in [0.5, 0.6) is 0 Å². The number of hydrogen-bond donors (Lipinski definition) is 1. The highest BCUT2D eigenvalue weighted by molar-refractivity contribution is 7.94. The maximum atomic E-state index is 11.6. The van der Waals surface area contributed by atoms with E-state index in [4.69, 9.17) is 0 Å². The second kappa shape index (κ2) is 2.60. The van der Waals surface area contributed by atoms with Gasteiger partial charge in [0.25, 0.3) is 0 Å². The van der Waals surface area contributed by atoms with Crippen molar-refractivity contribution in [3.05, 3.63) is 35.4 Å². The average molecular weight is 195 g/mol. The van der Waals surface area contributed by atoms with Crippen molar-refractivity contribution in [1.29, 1.82) is 0 Å². The molecule has 1 N–H and O–H groups in total. The predicted octanol–water partition coefficient (Wildman–Crippen LogP) is 1.75. The number of fused-ring (bicyclic) bond motifs is 1. The topological polar surface area (TPSA) is 46.2 Å². The number of hydrogen-bond acceptors (Lipinski definition) is 3.